The van der Waals surface area contributed by atoms with Gasteiger partial charge < -0.3 is 19.9 Å². The van der Waals surface area contributed by atoms with Gasteiger partial charge in [0.15, 0.2) is 0 Å². The lowest BCUT2D eigenvalue weighted by atomic mass is 9.67. The molecule has 2 unspecified atom stereocenters. The molecule has 158 valence electrons. The molecule has 1 amide bonds. The van der Waals surface area contributed by atoms with Gasteiger partial charge in [0.05, 0.1) is 12.7 Å². The molecule has 0 saturated heterocycles. The predicted molar refractivity (Wildman–Crippen MR) is 118 cm³/mol. The van der Waals surface area contributed by atoms with Crippen molar-refractivity contribution in [3.8, 4) is 17.2 Å². The molecule has 0 radical (unpaired) electrons. The number of hydrogen-bond donors (Lipinski definition) is 2. The number of carbonyl (C=O) groups is 1. The second kappa shape index (κ2) is 7.38. The zero-order valence-electron chi connectivity index (χ0n) is 18.2. The molecule has 5 nitrogen and oxygen atoms in total. The average Bonchev–Trinajstić information content (AvgIpc) is 2.67. The van der Waals surface area contributed by atoms with Gasteiger partial charge in [-0.05, 0) is 76.4 Å². The Bertz CT molecular complexity index is 1020. The van der Waals surface area contributed by atoms with E-state index in [2.05, 4.69) is 32.2 Å². The number of aromatic hydroxyl groups is 1. The summed E-state index contributed by atoms with van der Waals surface area (Å²) in [4.78, 5) is 13.1. The lowest BCUT2D eigenvalue weighted by molar-refractivity contribution is 0.0107. The molecule has 0 saturated carbocycles. The van der Waals surface area contributed by atoms with Gasteiger partial charge in [-0.3, -0.25) is 4.79 Å². The molecule has 2 aliphatic rings. The maximum atomic E-state index is 13.1. The number of carbonyl (C=O) groups excluding carboxylic acids is 1. The van der Waals surface area contributed by atoms with Gasteiger partial charge in [-0.25, -0.2) is 0 Å². The Kier molecular flexibility index (Phi) is 5.00. The molecule has 4 rings (SSSR count). The molecule has 0 aromatic heterocycles. The van der Waals surface area contributed by atoms with E-state index < -0.39 is 0 Å². The van der Waals surface area contributed by atoms with Crippen molar-refractivity contribution in [3.05, 3.63) is 58.7 Å². The van der Waals surface area contributed by atoms with Crippen LogP contribution in [0.5, 0.6) is 17.2 Å². The van der Waals surface area contributed by atoms with Crippen molar-refractivity contribution >= 4 is 11.6 Å². The highest BCUT2D eigenvalue weighted by Gasteiger charge is 2.46. The smallest absolute Gasteiger partial charge is 0.259 e. The summed E-state index contributed by atoms with van der Waals surface area (Å²) in [6, 6.07) is 9.00. The fraction of sp³-hybridized carbons (Fsp3) is 0.400. The highest BCUT2D eigenvalue weighted by molar-refractivity contribution is 6.07. The molecule has 0 bridgehead atoms. The van der Waals surface area contributed by atoms with Crippen molar-refractivity contribution in [2.45, 2.75) is 52.1 Å². The maximum absolute atomic E-state index is 13.1. The molecule has 5 heteroatoms. The number of anilines is 1. The van der Waals surface area contributed by atoms with Crippen LogP contribution in [0.2, 0.25) is 0 Å². The fourth-order valence-corrected chi connectivity index (χ4v) is 4.84. The van der Waals surface area contributed by atoms with Crippen LogP contribution in [0.3, 0.4) is 0 Å². The quantitative estimate of drug-likeness (QED) is 0.653. The third-order valence-electron chi connectivity index (χ3n) is 6.42. The number of rotatable bonds is 3. The summed E-state index contributed by atoms with van der Waals surface area (Å²) in [5.41, 5.74) is 3.32. The number of nitrogens with one attached hydrogen (secondary N) is 1. The van der Waals surface area contributed by atoms with Gasteiger partial charge in [0, 0.05) is 23.1 Å². The standard InChI is InChI=1S/C25H29NO4/c1-14-6-11-19-18(12-14)22-20(30-25(19,3)4)13-15(2)21(23(22)27)24(28)26-16-7-9-17(29-5)10-8-16/h7-10,12-13,18-19,27H,6,11H2,1-5H3,(H,26,28). The van der Waals surface area contributed by atoms with Crippen LogP contribution in [-0.4, -0.2) is 23.7 Å². The van der Waals surface area contributed by atoms with E-state index in [1.54, 1.807) is 31.4 Å². The zero-order valence-corrected chi connectivity index (χ0v) is 18.2. The molecule has 0 fully saturated rings. The van der Waals surface area contributed by atoms with E-state index in [1.165, 1.54) is 5.57 Å². The minimum absolute atomic E-state index is 0.0208. The normalized spacial score (nSPS) is 21.6. The van der Waals surface area contributed by atoms with Crippen LogP contribution in [0.25, 0.3) is 0 Å². The second-order valence-corrected chi connectivity index (χ2v) is 8.90. The van der Waals surface area contributed by atoms with E-state index in [1.807, 2.05) is 13.0 Å². The summed E-state index contributed by atoms with van der Waals surface area (Å²) in [5, 5.41) is 14.1. The maximum Gasteiger partial charge on any atom is 0.259 e. The Morgan fingerprint density at radius 2 is 1.93 bits per heavy atom. The monoisotopic (exact) mass is 407 g/mol. The van der Waals surface area contributed by atoms with E-state index in [9.17, 15) is 9.90 Å². The van der Waals surface area contributed by atoms with Crippen LogP contribution in [-0.2, 0) is 0 Å². The number of methoxy groups -OCH3 is 1. The minimum atomic E-state index is -0.337. The Morgan fingerprint density at radius 3 is 2.60 bits per heavy atom. The van der Waals surface area contributed by atoms with Crippen LogP contribution in [0, 0.1) is 12.8 Å². The highest BCUT2D eigenvalue weighted by atomic mass is 16.5. The van der Waals surface area contributed by atoms with Gasteiger partial charge in [-0.15, -0.1) is 0 Å². The van der Waals surface area contributed by atoms with Crippen LogP contribution in [0.4, 0.5) is 5.69 Å². The first-order valence-corrected chi connectivity index (χ1v) is 10.4. The van der Waals surface area contributed by atoms with Crippen LogP contribution in [0.1, 0.15) is 61.0 Å². The molecule has 0 spiro atoms. The van der Waals surface area contributed by atoms with Gasteiger partial charge in [-0.1, -0.05) is 11.6 Å². The molecule has 2 N–H and O–H groups in total. The summed E-state index contributed by atoms with van der Waals surface area (Å²) in [6.07, 6.45) is 4.26. The molecular weight excluding hydrogens is 378 g/mol. The van der Waals surface area contributed by atoms with Crippen molar-refractivity contribution in [1.29, 1.82) is 0 Å². The van der Waals surface area contributed by atoms with E-state index >= 15 is 0 Å². The first kappa shape index (κ1) is 20.3. The Morgan fingerprint density at radius 1 is 1.23 bits per heavy atom. The van der Waals surface area contributed by atoms with E-state index in [-0.39, 0.29) is 29.1 Å². The van der Waals surface area contributed by atoms with Crippen LogP contribution < -0.4 is 14.8 Å². The van der Waals surface area contributed by atoms with Crippen molar-refractivity contribution < 1.29 is 19.4 Å². The minimum Gasteiger partial charge on any atom is -0.507 e. The van der Waals surface area contributed by atoms with Crippen molar-refractivity contribution in [1.82, 2.24) is 0 Å². The Hall–Kier alpha value is -2.95. The first-order valence-electron chi connectivity index (χ1n) is 10.4. The van der Waals surface area contributed by atoms with Crippen molar-refractivity contribution in [2.24, 2.45) is 5.92 Å². The van der Waals surface area contributed by atoms with Gasteiger partial charge in [0.1, 0.15) is 22.8 Å². The van der Waals surface area contributed by atoms with E-state index in [0.29, 0.717) is 28.3 Å². The molecule has 2 aromatic carbocycles. The number of ether oxygens (including phenoxy) is 2. The number of phenols is 1. The number of benzene rings is 2. The molecule has 1 heterocycles. The third-order valence-corrected chi connectivity index (χ3v) is 6.42. The van der Waals surface area contributed by atoms with Crippen molar-refractivity contribution in [3.63, 3.8) is 0 Å². The number of hydrogen-bond acceptors (Lipinski definition) is 4. The molecule has 1 aliphatic heterocycles. The number of amides is 1. The summed E-state index contributed by atoms with van der Waals surface area (Å²) >= 11 is 0. The summed E-state index contributed by atoms with van der Waals surface area (Å²) in [5.74, 6) is 1.35. The zero-order chi connectivity index (χ0) is 21.6. The highest BCUT2D eigenvalue weighted by Crippen LogP contribution is 2.54. The molecule has 1 aliphatic carbocycles. The summed E-state index contributed by atoms with van der Waals surface area (Å²) in [6.45, 7) is 8.17. The second-order valence-electron chi connectivity index (χ2n) is 8.90. The number of phenolic OH excluding ortho intramolecular Hbond substituents is 1. The lowest BCUT2D eigenvalue weighted by Gasteiger charge is -2.46. The topological polar surface area (TPSA) is 67.8 Å². The molecular formula is C25H29NO4. The fourth-order valence-electron chi connectivity index (χ4n) is 4.84. The number of aryl methyl sites for hydroxylation is 1. The Labute approximate surface area is 177 Å². The van der Waals surface area contributed by atoms with Crippen LogP contribution in [0.15, 0.2) is 42.0 Å². The number of fused-ring (bicyclic) bond motifs is 3. The number of allylic oxidation sites excluding steroid dienone is 2. The molecule has 30 heavy (non-hydrogen) atoms. The van der Waals surface area contributed by atoms with Gasteiger partial charge >= 0.3 is 0 Å². The van der Waals surface area contributed by atoms with Gasteiger partial charge in [0.25, 0.3) is 5.91 Å². The summed E-state index contributed by atoms with van der Waals surface area (Å²) in [7, 11) is 1.60. The van der Waals surface area contributed by atoms with Gasteiger partial charge in [-0.2, -0.15) is 0 Å². The third kappa shape index (κ3) is 3.42. The van der Waals surface area contributed by atoms with Crippen molar-refractivity contribution in [2.75, 3.05) is 12.4 Å². The SMILES string of the molecule is COc1ccc(NC(=O)c2c(C)cc3c(c2O)C2C=C(C)CCC2C(C)(C)O3)cc1. The van der Waals surface area contributed by atoms with Gasteiger partial charge in [0.2, 0.25) is 0 Å². The average molecular weight is 408 g/mol. The molecule has 2 aromatic rings. The lowest BCUT2D eigenvalue weighted by Crippen LogP contribution is -2.45. The van der Waals surface area contributed by atoms with Crippen LogP contribution >= 0.6 is 0 Å². The van der Waals surface area contributed by atoms with E-state index in [0.717, 1.165) is 18.4 Å². The van der Waals surface area contributed by atoms with E-state index in [4.69, 9.17) is 9.47 Å². The first-order chi connectivity index (χ1) is 14.2. The Balaban J connectivity index is 1.75. The molecule has 2 atom stereocenters. The predicted octanol–water partition coefficient (Wildman–Crippen LogP) is 5.57. The largest absolute Gasteiger partial charge is 0.507 e. The summed E-state index contributed by atoms with van der Waals surface area (Å²) < 4.78 is 11.5.